The minimum atomic E-state index is -0.968. The molecule has 5 nitrogen and oxygen atoms in total. The van der Waals surface area contributed by atoms with Gasteiger partial charge in [-0.1, -0.05) is 6.07 Å². The Morgan fingerprint density at radius 2 is 1.84 bits per heavy atom. The summed E-state index contributed by atoms with van der Waals surface area (Å²) in [6.45, 7) is 3.41. The fourth-order valence-corrected chi connectivity index (χ4v) is 2.79. The summed E-state index contributed by atoms with van der Waals surface area (Å²) in [7, 11) is 1.58. The van der Waals surface area contributed by atoms with E-state index in [0.717, 1.165) is 5.56 Å². The van der Waals surface area contributed by atoms with Crippen molar-refractivity contribution >= 4 is 16.9 Å². The largest absolute Gasteiger partial charge is 0.497 e. The molecular formula is C20H18O5. The van der Waals surface area contributed by atoms with Gasteiger partial charge in [-0.15, -0.1) is 0 Å². The van der Waals surface area contributed by atoms with Crippen LogP contribution >= 0.6 is 0 Å². The molecule has 1 heterocycles. The van der Waals surface area contributed by atoms with Crippen molar-refractivity contribution in [3.05, 3.63) is 63.8 Å². The van der Waals surface area contributed by atoms with Crippen LogP contribution in [-0.2, 0) is 4.79 Å². The molecule has 0 saturated carbocycles. The quantitative estimate of drug-likeness (QED) is 0.779. The van der Waals surface area contributed by atoms with Crippen molar-refractivity contribution in [2.45, 2.75) is 19.8 Å². The molecule has 1 aromatic heterocycles. The average molecular weight is 338 g/mol. The number of aliphatic carboxylic acids is 1. The average Bonchev–Trinajstić information content (AvgIpc) is 2.61. The molecule has 0 fully saturated rings. The van der Waals surface area contributed by atoms with Crippen molar-refractivity contribution in [3.8, 4) is 17.1 Å². The number of benzene rings is 2. The summed E-state index contributed by atoms with van der Waals surface area (Å²) in [5, 5.41) is 9.75. The predicted molar refractivity (Wildman–Crippen MR) is 95.3 cm³/mol. The van der Waals surface area contributed by atoms with E-state index in [-0.39, 0.29) is 5.43 Å². The molecule has 0 aliphatic carbocycles. The molecule has 0 amide bonds. The molecule has 0 aliphatic rings. The molecule has 3 aromatic rings. The molecule has 2 aromatic carbocycles. The second-order valence-electron chi connectivity index (χ2n) is 5.99. The summed E-state index contributed by atoms with van der Waals surface area (Å²) in [6.07, 6.45) is 0. The number of carboxylic acids is 1. The number of aryl methyl sites for hydroxylation is 1. The molecule has 0 saturated heterocycles. The molecule has 3 rings (SSSR count). The lowest BCUT2D eigenvalue weighted by Gasteiger charge is -2.12. The van der Waals surface area contributed by atoms with Crippen molar-refractivity contribution in [2.24, 2.45) is 0 Å². The van der Waals surface area contributed by atoms with Crippen LogP contribution in [0.2, 0.25) is 0 Å². The highest BCUT2D eigenvalue weighted by Crippen LogP contribution is 2.30. The number of hydrogen-bond acceptors (Lipinski definition) is 4. The SMILES string of the molecule is COc1ccc(-c2cc(=O)c3cc(C)cc(C(C)C(=O)O)c3o2)cc1. The normalized spacial score (nSPS) is 12.1. The number of fused-ring (bicyclic) bond motifs is 1. The Morgan fingerprint density at radius 3 is 2.44 bits per heavy atom. The Labute approximate surface area is 144 Å². The fourth-order valence-electron chi connectivity index (χ4n) is 2.79. The Balaban J connectivity index is 2.26. The monoisotopic (exact) mass is 338 g/mol. The molecule has 0 bridgehead atoms. The maximum atomic E-state index is 12.6. The molecule has 0 aliphatic heterocycles. The molecule has 1 atom stereocenters. The maximum Gasteiger partial charge on any atom is 0.310 e. The minimum Gasteiger partial charge on any atom is -0.497 e. The van der Waals surface area contributed by atoms with Crippen molar-refractivity contribution in [1.29, 1.82) is 0 Å². The number of ether oxygens (including phenoxy) is 1. The molecule has 0 spiro atoms. The lowest BCUT2D eigenvalue weighted by atomic mass is 9.96. The Morgan fingerprint density at radius 1 is 1.16 bits per heavy atom. The van der Waals surface area contributed by atoms with E-state index in [1.165, 1.54) is 6.07 Å². The highest BCUT2D eigenvalue weighted by molar-refractivity contribution is 5.88. The topological polar surface area (TPSA) is 76.7 Å². The predicted octanol–water partition coefficient (Wildman–Crippen LogP) is 3.97. The second-order valence-corrected chi connectivity index (χ2v) is 5.99. The molecule has 0 radical (unpaired) electrons. The molecule has 128 valence electrons. The van der Waals surface area contributed by atoms with Gasteiger partial charge in [0.2, 0.25) is 0 Å². The number of carbonyl (C=O) groups is 1. The van der Waals surface area contributed by atoms with Crippen LogP contribution in [0.5, 0.6) is 5.75 Å². The van der Waals surface area contributed by atoms with E-state index in [1.807, 2.05) is 6.92 Å². The van der Waals surface area contributed by atoms with Crippen LogP contribution in [0.4, 0.5) is 0 Å². The van der Waals surface area contributed by atoms with E-state index in [0.29, 0.717) is 33.6 Å². The van der Waals surface area contributed by atoms with Gasteiger partial charge in [-0.25, -0.2) is 0 Å². The fraction of sp³-hybridized carbons (Fsp3) is 0.200. The zero-order valence-corrected chi connectivity index (χ0v) is 14.2. The summed E-state index contributed by atoms with van der Waals surface area (Å²) in [5.41, 5.74) is 2.15. The first-order valence-corrected chi connectivity index (χ1v) is 7.86. The highest BCUT2D eigenvalue weighted by atomic mass is 16.5. The smallest absolute Gasteiger partial charge is 0.310 e. The summed E-state index contributed by atoms with van der Waals surface area (Å²) >= 11 is 0. The van der Waals surface area contributed by atoms with E-state index in [2.05, 4.69) is 0 Å². The van der Waals surface area contributed by atoms with Gasteiger partial charge in [0.1, 0.15) is 17.1 Å². The van der Waals surface area contributed by atoms with E-state index >= 15 is 0 Å². The van der Waals surface area contributed by atoms with E-state index in [1.54, 1.807) is 50.4 Å². The molecular weight excluding hydrogens is 320 g/mol. The standard InChI is InChI=1S/C20H18O5/c1-11-8-15(12(2)20(22)23)19-16(9-11)17(21)10-18(25-19)13-4-6-14(24-3)7-5-13/h4-10,12H,1-3H3,(H,22,23). The van der Waals surface area contributed by atoms with Gasteiger partial charge in [0.25, 0.3) is 0 Å². The third kappa shape index (κ3) is 3.13. The molecule has 1 N–H and O–H groups in total. The maximum absolute atomic E-state index is 12.6. The molecule has 1 unspecified atom stereocenters. The number of methoxy groups -OCH3 is 1. The zero-order valence-electron chi connectivity index (χ0n) is 14.2. The van der Waals surface area contributed by atoms with Crippen molar-refractivity contribution < 1.29 is 19.1 Å². The van der Waals surface area contributed by atoms with Crippen LogP contribution < -0.4 is 10.2 Å². The van der Waals surface area contributed by atoms with E-state index < -0.39 is 11.9 Å². The summed E-state index contributed by atoms with van der Waals surface area (Å²) in [4.78, 5) is 24.0. The van der Waals surface area contributed by atoms with Crippen LogP contribution in [0.15, 0.2) is 51.7 Å². The van der Waals surface area contributed by atoms with Crippen LogP contribution in [0.1, 0.15) is 24.0 Å². The van der Waals surface area contributed by atoms with Crippen LogP contribution in [-0.4, -0.2) is 18.2 Å². The number of hydrogen-bond donors (Lipinski definition) is 1. The Kier molecular flexibility index (Phi) is 4.31. The van der Waals surface area contributed by atoms with E-state index in [9.17, 15) is 14.7 Å². The first-order valence-electron chi connectivity index (χ1n) is 7.86. The zero-order chi connectivity index (χ0) is 18.1. The van der Waals surface area contributed by atoms with Crippen LogP contribution in [0, 0.1) is 6.92 Å². The first-order chi connectivity index (χ1) is 11.9. The lowest BCUT2D eigenvalue weighted by molar-refractivity contribution is -0.138. The van der Waals surface area contributed by atoms with Gasteiger partial charge in [-0.3, -0.25) is 9.59 Å². The minimum absolute atomic E-state index is 0.199. The number of rotatable bonds is 4. The summed E-state index contributed by atoms with van der Waals surface area (Å²) in [5.74, 6) is -0.661. The molecule has 5 heteroatoms. The van der Waals surface area contributed by atoms with Gasteiger partial charge in [0, 0.05) is 17.2 Å². The second kappa shape index (κ2) is 6.43. The summed E-state index contributed by atoms with van der Waals surface area (Å²) in [6, 6.07) is 12.0. The highest BCUT2D eigenvalue weighted by Gasteiger charge is 2.20. The lowest BCUT2D eigenvalue weighted by Crippen LogP contribution is -2.10. The number of carboxylic acid groups (broad SMARTS) is 1. The first kappa shape index (κ1) is 16.8. The van der Waals surface area contributed by atoms with Gasteiger partial charge in [-0.2, -0.15) is 0 Å². The van der Waals surface area contributed by atoms with Crippen molar-refractivity contribution in [2.75, 3.05) is 7.11 Å². The van der Waals surface area contributed by atoms with Gasteiger partial charge in [0.05, 0.1) is 18.4 Å². The summed E-state index contributed by atoms with van der Waals surface area (Å²) < 4.78 is 11.1. The Bertz CT molecular complexity index is 999. The van der Waals surface area contributed by atoms with Gasteiger partial charge in [0.15, 0.2) is 5.43 Å². The third-order valence-corrected chi connectivity index (χ3v) is 4.21. The van der Waals surface area contributed by atoms with Crippen molar-refractivity contribution in [3.63, 3.8) is 0 Å². The van der Waals surface area contributed by atoms with Crippen LogP contribution in [0.25, 0.3) is 22.3 Å². The van der Waals surface area contributed by atoms with Gasteiger partial charge < -0.3 is 14.3 Å². The van der Waals surface area contributed by atoms with Crippen LogP contribution in [0.3, 0.4) is 0 Å². The third-order valence-electron chi connectivity index (χ3n) is 4.21. The van der Waals surface area contributed by atoms with Gasteiger partial charge >= 0.3 is 5.97 Å². The van der Waals surface area contributed by atoms with Crippen molar-refractivity contribution in [1.82, 2.24) is 0 Å². The Hall–Kier alpha value is -3.08. The van der Waals surface area contributed by atoms with Gasteiger partial charge in [-0.05, 0) is 49.7 Å². The molecule has 25 heavy (non-hydrogen) atoms. The van der Waals surface area contributed by atoms with E-state index in [4.69, 9.17) is 9.15 Å².